The first-order valence-electron chi connectivity index (χ1n) is 8.05. The second-order valence-corrected chi connectivity index (χ2v) is 7.19. The molecule has 0 unspecified atom stereocenters. The topological polar surface area (TPSA) is 62.5 Å². The summed E-state index contributed by atoms with van der Waals surface area (Å²) in [6.07, 6.45) is 1.86. The van der Waals surface area contributed by atoms with Crippen LogP contribution in [-0.2, 0) is 6.54 Å². The van der Waals surface area contributed by atoms with Crippen LogP contribution in [0.15, 0.2) is 47.1 Å². The number of rotatable bonds is 4. The van der Waals surface area contributed by atoms with Gasteiger partial charge in [-0.1, -0.05) is 41.9 Å². The van der Waals surface area contributed by atoms with Crippen LogP contribution in [0.25, 0.3) is 5.65 Å². The fourth-order valence-corrected chi connectivity index (χ4v) is 2.79. The van der Waals surface area contributed by atoms with Crippen molar-refractivity contribution in [2.45, 2.75) is 26.3 Å². The largest absolute Gasteiger partial charge is 0.323 e. The Labute approximate surface area is 155 Å². The molecule has 0 fully saturated rings. The Morgan fingerprint density at radius 2 is 1.92 bits per heavy atom. The minimum atomic E-state index is -0.165. The zero-order chi connectivity index (χ0) is 18.0. The number of benzene rings is 1. The molecule has 25 heavy (non-hydrogen) atoms. The van der Waals surface area contributed by atoms with Crippen molar-refractivity contribution in [3.63, 3.8) is 0 Å². The van der Waals surface area contributed by atoms with E-state index in [4.69, 9.17) is 0 Å². The van der Waals surface area contributed by atoms with Crippen molar-refractivity contribution in [2.24, 2.45) is 0 Å². The zero-order valence-electron chi connectivity index (χ0n) is 14.4. The summed E-state index contributed by atoms with van der Waals surface area (Å²) in [6.45, 7) is 4.66. The van der Waals surface area contributed by atoms with Crippen LogP contribution in [0.4, 0.5) is 10.5 Å². The molecule has 0 saturated heterocycles. The van der Waals surface area contributed by atoms with Crippen molar-refractivity contribution < 1.29 is 4.79 Å². The van der Waals surface area contributed by atoms with Gasteiger partial charge in [-0.05, 0) is 29.8 Å². The third kappa shape index (κ3) is 3.99. The van der Waals surface area contributed by atoms with Gasteiger partial charge in [0.05, 0.1) is 5.69 Å². The molecule has 0 aliphatic carbocycles. The number of nitrogens with zero attached hydrogens (tertiary/aromatic N) is 4. The number of aromatic nitrogens is 3. The number of carbonyl (C=O) groups is 1. The normalized spacial score (nSPS) is 11.1. The molecule has 3 aromatic rings. The summed E-state index contributed by atoms with van der Waals surface area (Å²) in [6, 6.07) is 11.4. The molecule has 2 amide bonds. The Morgan fingerprint density at radius 1 is 1.20 bits per heavy atom. The van der Waals surface area contributed by atoms with E-state index in [-0.39, 0.29) is 11.9 Å². The quantitative estimate of drug-likeness (QED) is 0.709. The van der Waals surface area contributed by atoms with Crippen LogP contribution in [0, 0.1) is 0 Å². The number of hydrogen-bond acceptors (Lipinski definition) is 3. The first-order valence-corrected chi connectivity index (χ1v) is 8.84. The van der Waals surface area contributed by atoms with E-state index in [0.29, 0.717) is 12.2 Å². The van der Waals surface area contributed by atoms with E-state index >= 15 is 0 Å². The van der Waals surface area contributed by atoms with Gasteiger partial charge in [0, 0.05) is 30.2 Å². The number of amides is 2. The van der Waals surface area contributed by atoms with E-state index in [2.05, 4.69) is 45.3 Å². The molecule has 2 heterocycles. The molecule has 0 bridgehead atoms. The van der Waals surface area contributed by atoms with Crippen molar-refractivity contribution >= 4 is 33.3 Å². The van der Waals surface area contributed by atoms with Crippen LogP contribution in [0.2, 0.25) is 0 Å². The predicted octanol–water partition coefficient (Wildman–Crippen LogP) is 4.28. The van der Waals surface area contributed by atoms with Gasteiger partial charge in [0.1, 0.15) is 5.82 Å². The maximum Gasteiger partial charge on any atom is 0.321 e. The molecule has 0 aliphatic heterocycles. The lowest BCUT2D eigenvalue weighted by Crippen LogP contribution is -2.30. The van der Waals surface area contributed by atoms with Crippen molar-refractivity contribution in [1.82, 2.24) is 19.5 Å². The molecule has 0 atom stereocenters. The fraction of sp³-hybridized carbons (Fsp3) is 0.278. The van der Waals surface area contributed by atoms with Gasteiger partial charge in [-0.25, -0.2) is 4.79 Å². The summed E-state index contributed by atoms with van der Waals surface area (Å²) in [5, 5.41) is 11.3. The second kappa shape index (κ2) is 7.23. The third-order valence-corrected chi connectivity index (χ3v) is 4.40. The van der Waals surface area contributed by atoms with Crippen molar-refractivity contribution in [1.29, 1.82) is 0 Å². The number of pyridine rings is 1. The van der Waals surface area contributed by atoms with E-state index in [1.54, 1.807) is 11.9 Å². The van der Waals surface area contributed by atoms with Crippen molar-refractivity contribution in [2.75, 3.05) is 12.4 Å². The second-order valence-electron chi connectivity index (χ2n) is 6.27. The summed E-state index contributed by atoms with van der Waals surface area (Å²) in [5.41, 5.74) is 2.55. The van der Waals surface area contributed by atoms with Crippen LogP contribution in [0.3, 0.4) is 0 Å². The molecule has 2 aromatic heterocycles. The molecule has 0 saturated carbocycles. The molecular weight excluding hydrogens is 382 g/mol. The van der Waals surface area contributed by atoms with Gasteiger partial charge < -0.3 is 10.2 Å². The van der Waals surface area contributed by atoms with Crippen LogP contribution in [0.5, 0.6) is 0 Å². The van der Waals surface area contributed by atoms with Gasteiger partial charge in [0.15, 0.2) is 5.65 Å². The number of halogens is 1. The maximum absolute atomic E-state index is 12.4. The van der Waals surface area contributed by atoms with Gasteiger partial charge in [-0.15, -0.1) is 10.2 Å². The summed E-state index contributed by atoms with van der Waals surface area (Å²) in [5.74, 6) is 1.12. The number of nitrogens with one attached hydrogen (secondary N) is 1. The Morgan fingerprint density at radius 3 is 2.60 bits per heavy atom. The Balaban J connectivity index is 1.72. The van der Waals surface area contributed by atoms with Crippen LogP contribution < -0.4 is 5.32 Å². The van der Waals surface area contributed by atoms with Crippen LogP contribution >= 0.6 is 15.9 Å². The average Bonchev–Trinajstić information content (AvgIpc) is 3.00. The highest BCUT2D eigenvalue weighted by atomic mass is 79.9. The first-order chi connectivity index (χ1) is 11.9. The minimum Gasteiger partial charge on any atom is -0.323 e. The van der Waals surface area contributed by atoms with E-state index in [0.717, 1.165) is 21.5 Å². The molecule has 1 N–H and O–H groups in total. The van der Waals surface area contributed by atoms with E-state index < -0.39 is 0 Å². The number of carbonyl (C=O) groups excluding carboxylic acids is 1. The molecule has 0 radical (unpaired) electrons. The Bertz CT molecular complexity index is 888. The standard InChI is InChI=1S/C18H20BrN5O/c1-12(2)17-22-21-16-9-8-15(11-24(16)17)20-18(25)23(3)10-13-4-6-14(19)7-5-13/h4-9,11-12H,10H2,1-3H3,(H,20,25). The van der Waals surface area contributed by atoms with Crippen molar-refractivity contribution in [3.8, 4) is 0 Å². The highest BCUT2D eigenvalue weighted by Gasteiger charge is 2.12. The highest BCUT2D eigenvalue weighted by molar-refractivity contribution is 9.10. The van der Waals surface area contributed by atoms with Gasteiger partial charge in [-0.2, -0.15) is 0 Å². The van der Waals surface area contributed by atoms with Gasteiger partial charge in [0.2, 0.25) is 0 Å². The maximum atomic E-state index is 12.4. The van der Waals surface area contributed by atoms with Crippen LogP contribution in [-0.4, -0.2) is 32.6 Å². The molecular formula is C18H20BrN5O. The third-order valence-electron chi connectivity index (χ3n) is 3.88. The van der Waals surface area contributed by atoms with E-state index in [1.807, 2.05) is 47.0 Å². The summed E-state index contributed by atoms with van der Waals surface area (Å²) in [4.78, 5) is 14.1. The van der Waals surface area contributed by atoms with Crippen LogP contribution in [0.1, 0.15) is 31.2 Å². The lowest BCUT2D eigenvalue weighted by molar-refractivity contribution is 0.220. The number of anilines is 1. The summed E-state index contributed by atoms with van der Waals surface area (Å²) >= 11 is 3.41. The lowest BCUT2D eigenvalue weighted by Gasteiger charge is -2.18. The molecule has 3 rings (SSSR count). The molecule has 7 heteroatoms. The van der Waals surface area contributed by atoms with Gasteiger partial charge >= 0.3 is 6.03 Å². The molecule has 1 aromatic carbocycles. The fourth-order valence-electron chi connectivity index (χ4n) is 2.53. The predicted molar refractivity (Wildman–Crippen MR) is 102 cm³/mol. The van der Waals surface area contributed by atoms with E-state index in [1.165, 1.54) is 0 Å². The number of urea groups is 1. The Kier molecular flexibility index (Phi) is 5.03. The van der Waals surface area contributed by atoms with E-state index in [9.17, 15) is 4.79 Å². The van der Waals surface area contributed by atoms with Crippen molar-refractivity contribution in [3.05, 3.63) is 58.5 Å². The zero-order valence-corrected chi connectivity index (χ0v) is 16.0. The molecule has 0 spiro atoms. The average molecular weight is 402 g/mol. The molecule has 0 aliphatic rings. The van der Waals surface area contributed by atoms with Gasteiger partial charge in [-0.3, -0.25) is 4.40 Å². The first kappa shape index (κ1) is 17.4. The smallest absolute Gasteiger partial charge is 0.321 e. The summed E-state index contributed by atoms with van der Waals surface area (Å²) < 4.78 is 2.93. The Hall–Kier alpha value is -2.41. The lowest BCUT2D eigenvalue weighted by atomic mass is 10.2. The van der Waals surface area contributed by atoms with Gasteiger partial charge in [0.25, 0.3) is 0 Å². The number of fused-ring (bicyclic) bond motifs is 1. The molecule has 130 valence electrons. The monoisotopic (exact) mass is 401 g/mol. The summed E-state index contributed by atoms with van der Waals surface area (Å²) in [7, 11) is 1.77. The SMILES string of the molecule is CC(C)c1nnc2ccc(NC(=O)N(C)Cc3ccc(Br)cc3)cn12. The minimum absolute atomic E-state index is 0.165. The number of hydrogen-bond donors (Lipinski definition) is 1. The highest BCUT2D eigenvalue weighted by Crippen LogP contribution is 2.17. The molecule has 6 nitrogen and oxygen atoms in total.